The molecular weight excluding hydrogens is 1380 g/mol. The maximum absolute atomic E-state index is 10.4. The van der Waals surface area contributed by atoms with Gasteiger partial charge in [0, 0.05) is 25.7 Å². The minimum atomic E-state index is -4.95. The molecule has 0 aliphatic carbocycles. The third kappa shape index (κ3) is 56.1. The first-order chi connectivity index (χ1) is 33.6. The third-order valence-electron chi connectivity index (χ3n) is 9.96. The summed E-state index contributed by atoms with van der Waals surface area (Å²) in [7, 11) is -24.3. The fraction of sp³-hybridized carbons (Fsp3) is 0.939. The molecule has 5 aliphatic rings. The van der Waals surface area contributed by atoms with E-state index in [-0.39, 0.29) is 296 Å². The molecule has 5 saturated heterocycles. The van der Waals surface area contributed by atoms with Crippen molar-refractivity contribution in [1.29, 1.82) is 0 Å². The molecule has 17 atom stereocenters. The summed E-state index contributed by atoms with van der Waals surface area (Å²) in [4.78, 5) is 20.5. The Hall–Kier alpha value is 4.57. The smallest absolute Gasteiger partial charge is 0.726 e. The molecule has 5 fully saturated rings. The molecule has 0 radical (unpaired) electrons. The van der Waals surface area contributed by atoms with Crippen molar-refractivity contribution in [3.63, 3.8) is 0 Å². The Morgan fingerprint density at radius 3 is 1.22 bits per heavy atom. The van der Waals surface area contributed by atoms with Crippen LogP contribution in [0.1, 0.15) is 47.5 Å². The second-order valence-corrected chi connectivity index (χ2v) is 21.0. The molecule has 5 aliphatic heterocycles. The van der Waals surface area contributed by atoms with Crippen LogP contribution in [-0.4, -0.2) is 279 Å². The summed E-state index contributed by atoms with van der Waals surface area (Å²) in [5.41, 5.74) is 16.4. The Morgan fingerprint density at radius 1 is 0.460 bits per heavy atom. The molecular formula is C33H70N3Na7O39S5. The number of aliphatic carboxylic acids is 2. The molecule has 42 nitrogen and oxygen atoms in total. The van der Waals surface area contributed by atoms with Gasteiger partial charge in [-0.15, -0.1) is 0 Å². The topological polar surface area (TPSA) is 784 Å². The number of carbonyl (C=O) groups excluding carboxylic acids is 2. The zero-order valence-electron chi connectivity index (χ0n) is 46.9. The maximum Gasteiger partial charge on any atom is 1.00 e. The molecule has 0 spiro atoms. The summed E-state index contributed by atoms with van der Waals surface area (Å²) >= 11 is 0. The van der Waals surface area contributed by atoms with Gasteiger partial charge in [-0.3, -0.25) is 20.9 Å². The van der Waals surface area contributed by atoms with E-state index >= 15 is 0 Å². The summed E-state index contributed by atoms with van der Waals surface area (Å²) in [6, 6.07) is -2.11. The number of aliphatic hydroxyl groups excluding tert-OH is 6. The second-order valence-electron chi connectivity index (χ2n) is 15.8. The maximum atomic E-state index is 10.4. The number of ether oxygens (including phenoxy) is 5. The molecule has 54 heteroatoms. The van der Waals surface area contributed by atoms with Crippen LogP contribution in [0.3, 0.4) is 0 Å². The van der Waals surface area contributed by atoms with Crippen molar-refractivity contribution >= 4 is 63.9 Å². The van der Waals surface area contributed by atoms with Crippen molar-refractivity contribution < 1.29 is 389 Å². The Labute approximate surface area is 657 Å². The predicted octanol–water partition coefficient (Wildman–Crippen LogP) is -36.4. The van der Waals surface area contributed by atoms with Gasteiger partial charge in [0.25, 0.3) is 0 Å². The van der Waals surface area contributed by atoms with Crippen LogP contribution < -0.4 is 234 Å². The number of hydrogen-bond acceptors (Lipinski definition) is 38. The molecule has 0 amide bonds. The second kappa shape index (κ2) is 57.3. The first-order valence-corrected chi connectivity index (χ1v) is 27.2. The number of hydrogen-bond donors (Lipinski definition) is 9. The molecule has 5 heterocycles. The van der Waals surface area contributed by atoms with Crippen molar-refractivity contribution in [3.8, 4) is 0 Å². The Bertz CT molecular complexity index is 2330. The van der Waals surface area contributed by atoms with Crippen molar-refractivity contribution in [2.45, 2.75) is 151 Å². The predicted molar refractivity (Wildman–Crippen MR) is 246 cm³/mol. The van der Waals surface area contributed by atoms with Crippen LogP contribution in [0.4, 0.5) is 0 Å². The number of carboxylic acids is 2. The average molecular weight is 1450 g/mol. The first-order valence-electron chi connectivity index (χ1n) is 20.6. The van der Waals surface area contributed by atoms with E-state index in [1.165, 1.54) is 0 Å². The van der Waals surface area contributed by atoms with Crippen molar-refractivity contribution in [3.05, 3.63) is 0 Å². The van der Waals surface area contributed by atoms with Gasteiger partial charge in [-0.25, -0.2) is 42.1 Å². The number of carboxylic acid groups (broad SMARTS) is 2. The van der Waals surface area contributed by atoms with E-state index in [4.69, 9.17) is 41.6 Å². The monoisotopic (exact) mass is 1450 g/mol. The molecule has 0 aromatic rings. The van der Waals surface area contributed by atoms with Gasteiger partial charge in [0.1, 0.15) is 24.4 Å². The zero-order valence-corrected chi connectivity index (χ0v) is 65.0. The SMILES string of the molecule is C.C.C[C@H]1OC(COS(=O)(=O)[O-])CC(O)C1N.NC1COC(COS(=O)(=O)[O-])CC1OS(=O)(=O)[O-].NC1COC(COS(=O)(=O)[O-])[C@@H](O)C1O.O.O.O.O.O=C([O-])C1CC(O)C(O)CO1.O=C([O-])C1CC(O)C(OS(=O)(=O)[O-])CO1.[Na+].[Na+].[Na+].[Na+].[Na+].[Na+].[Na+]. The fourth-order valence-electron chi connectivity index (χ4n) is 6.16. The Balaban J connectivity index is -0.0000000693. The Morgan fingerprint density at radius 2 is 0.839 bits per heavy atom. The van der Waals surface area contributed by atoms with E-state index in [0.29, 0.717) is 0 Å². The summed E-state index contributed by atoms with van der Waals surface area (Å²) in [5.74, 6) is -2.87. The van der Waals surface area contributed by atoms with E-state index in [1.807, 2.05) is 0 Å². The van der Waals surface area contributed by atoms with E-state index < -0.39 is 187 Å². The van der Waals surface area contributed by atoms with Crippen molar-refractivity contribution in [2.75, 3.05) is 46.2 Å². The van der Waals surface area contributed by atoms with Crippen LogP contribution in [0, 0.1) is 0 Å². The third-order valence-corrected chi connectivity index (χ3v) is 12.2. The van der Waals surface area contributed by atoms with Gasteiger partial charge in [0.05, 0.1) is 137 Å². The summed E-state index contributed by atoms with van der Waals surface area (Å²) in [5, 5.41) is 75.8. The summed E-state index contributed by atoms with van der Waals surface area (Å²) in [6.07, 6.45) is -15.3. The van der Waals surface area contributed by atoms with Crippen LogP contribution in [0.2, 0.25) is 0 Å². The van der Waals surface area contributed by atoms with E-state index in [9.17, 15) is 105 Å². The molecule has 0 saturated carbocycles. The molecule has 15 unspecified atom stereocenters. The number of rotatable bonds is 15. The van der Waals surface area contributed by atoms with Crippen LogP contribution in [0.25, 0.3) is 0 Å². The molecule has 5 rings (SSSR count). The molecule has 0 aromatic carbocycles. The van der Waals surface area contributed by atoms with Gasteiger partial charge in [-0.1, -0.05) is 14.9 Å². The number of carbonyl (C=O) groups is 2. The van der Waals surface area contributed by atoms with Crippen molar-refractivity contribution in [2.24, 2.45) is 17.2 Å². The van der Waals surface area contributed by atoms with E-state index in [0.717, 1.165) is 0 Å². The number of nitrogens with two attached hydrogens (primary N) is 3. The van der Waals surface area contributed by atoms with Gasteiger partial charge in [0.15, 0.2) is 0 Å². The zero-order chi connectivity index (χ0) is 57.3. The normalized spacial score (nSPS) is 29.8. The summed E-state index contributed by atoms with van der Waals surface area (Å²) in [6.45, 7) is -0.834. The first kappa shape index (κ1) is 122. The van der Waals surface area contributed by atoms with Gasteiger partial charge in [-0.05, 0) is 6.92 Å². The minimum Gasteiger partial charge on any atom is -0.726 e. The van der Waals surface area contributed by atoms with Gasteiger partial charge < -0.3 is 136 Å². The van der Waals surface area contributed by atoms with Gasteiger partial charge in [-0.2, -0.15) is 0 Å². The van der Waals surface area contributed by atoms with E-state index in [1.54, 1.807) is 6.92 Å². The van der Waals surface area contributed by atoms with Crippen LogP contribution in [-0.2, 0) is 106 Å². The van der Waals surface area contributed by atoms with Gasteiger partial charge >= 0.3 is 207 Å². The molecule has 20 N–H and O–H groups in total. The standard InChI is InChI=1S/C7H15NO6S.C6H13NO9S2.C6H13NO7S.C6H10O8S.C6H10O5.2CH4.7Na.4H2O/c1-4-7(8)6(9)2-5(14-4)3-13-15(10,11)12;7-5-3-14-4(2-15-17(8,9)10)1-6(5)16-18(11,12)13;7-3-1-13-4(6(9)5(3)8)2-14-15(10,11)12;7-3-1-4(6(8)9)13-2-5(3)14-15(10,11)12;7-3-1-5(6(9)10)11-2-4(3)8;;;;;;;;;;;;;/h4-7,9H,2-3,8H2,1H3,(H,10,11,12);4-6H,1-3,7H2,(H,8,9,10)(H,11,12,13);3-6,8-9H,1-2,7H2,(H,10,11,12);3-5,7H,1-2H2,(H,8,9)(H,10,11,12);3-5,7-8H,1-2H2,(H,9,10);2*1H4;;;;;;;;4*1H2/q;;;;;;;7*+1;;;;/p-7/t4-,5?,6?,7?;;3?,4?,5?,6-;;;;;;;;;;;;;;;/m1.1.............../s1. The largest absolute Gasteiger partial charge is 1.00 e. The number of aliphatic hydroxyl groups is 6. The summed E-state index contributed by atoms with van der Waals surface area (Å²) < 4.78 is 198. The van der Waals surface area contributed by atoms with Crippen LogP contribution >= 0.6 is 0 Å². The quantitative estimate of drug-likeness (QED) is 0.0418. The fourth-order valence-corrected chi connectivity index (χ4v) is 8.10. The molecule has 488 valence electrons. The molecule has 87 heavy (non-hydrogen) atoms. The van der Waals surface area contributed by atoms with E-state index in [2.05, 4.69) is 30.4 Å². The molecule has 0 aromatic heterocycles. The molecule has 0 bridgehead atoms. The van der Waals surface area contributed by atoms with Crippen LogP contribution in [0.5, 0.6) is 0 Å². The average Bonchev–Trinajstić information content (AvgIpc) is 3.24. The minimum absolute atomic E-state index is 0. The van der Waals surface area contributed by atoms with Gasteiger partial charge in [0.2, 0.25) is 52.0 Å². The van der Waals surface area contributed by atoms with Crippen molar-refractivity contribution in [1.82, 2.24) is 0 Å². The van der Waals surface area contributed by atoms with Crippen LogP contribution in [0.15, 0.2) is 0 Å². The Kier molecular flexibility index (Phi) is 80.2.